The first-order chi connectivity index (χ1) is 7.58. The van der Waals surface area contributed by atoms with Gasteiger partial charge in [0.15, 0.2) is 0 Å². The molecule has 0 fully saturated rings. The van der Waals surface area contributed by atoms with E-state index in [1.807, 2.05) is 6.07 Å². The molecule has 0 heterocycles. The Balaban J connectivity index is 2.88. The summed E-state index contributed by atoms with van der Waals surface area (Å²) in [5.41, 5.74) is 5.06. The largest absolute Gasteiger partial charge is 0.370 e. The molecule has 0 aliphatic rings. The molecule has 0 aliphatic heterocycles. The van der Waals surface area contributed by atoms with E-state index in [2.05, 4.69) is 0 Å². The molecule has 1 aromatic carbocycles. The van der Waals surface area contributed by atoms with Crippen LogP contribution in [0.2, 0.25) is 0 Å². The van der Waals surface area contributed by atoms with Crippen molar-refractivity contribution >= 4 is 18.6 Å². The molecule has 1 rings (SSSR count). The van der Waals surface area contributed by atoms with Crippen LogP contribution in [0.3, 0.4) is 0 Å². The van der Waals surface area contributed by atoms with Gasteiger partial charge in [-0.1, -0.05) is 18.2 Å². The molecular weight excluding hydrogens is 225 g/mol. The van der Waals surface area contributed by atoms with Gasteiger partial charge in [0.25, 0.3) is 0 Å². The number of primary amides is 1. The Morgan fingerprint density at radius 1 is 1.38 bits per heavy atom. The third kappa shape index (κ3) is 3.47. The Morgan fingerprint density at radius 2 is 2.00 bits per heavy atom. The molecule has 1 amide bonds. The normalized spacial score (nSPS) is 14.3. The van der Waals surface area contributed by atoms with Gasteiger partial charge in [-0.15, -0.1) is 0 Å². The highest BCUT2D eigenvalue weighted by Crippen LogP contribution is 2.45. The maximum absolute atomic E-state index is 12.5. The molecule has 1 unspecified atom stereocenters. The van der Waals surface area contributed by atoms with Crippen LogP contribution in [-0.4, -0.2) is 18.7 Å². The molecule has 5 heteroatoms. The van der Waals surface area contributed by atoms with E-state index < -0.39 is 13.3 Å². The summed E-state index contributed by atoms with van der Waals surface area (Å²) >= 11 is 0. The van der Waals surface area contributed by atoms with Crippen LogP contribution in [0.25, 0.3) is 0 Å². The fraction of sp³-hybridized carbons (Fsp3) is 0.364. The van der Waals surface area contributed by atoms with Crippen molar-refractivity contribution in [3.05, 3.63) is 30.3 Å². The van der Waals surface area contributed by atoms with E-state index >= 15 is 0 Å². The highest BCUT2D eigenvalue weighted by molar-refractivity contribution is 7.67. The third-order valence-electron chi connectivity index (χ3n) is 2.14. The van der Waals surface area contributed by atoms with Gasteiger partial charge in [-0.25, -0.2) is 0 Å². The average Bonchev–Trinajstić information content (AvgIpc) is 2.28. The molecule has 1 aromatic rings. The Hall–Kier alpha value is -1.12. The third-order valence-corrected chi connectivity index (χ3v) is 4.71. The minimum absolute atomic E-state index is 0.0756. The number of hydrogen-bond donors (Lipinski definition) is 1. The molecule has 88 valence electrons. The fourth-order valence-corrected chi connectivity index (χ4v) is 3.48. The van der Waals surface area contributed by atoms with Crippen molar-refractivity contribution < 1.29 is 13.9 Å². The van der Waals surface area contributed by atoms with Crippen LogP contribution in [0, 0.1) is 0 Å². The monoisotopic (exact) mass is 241 g/mol. The summed E-state index contributed by atoms with van der Waals surface area (Å²) in [7, 11) is -2.93. The maximum atomic E-state index is 12.5. The molecule has 1 atom stereocenters. The van der Waals surface area contributed by atoms with Crippen molar-refractivity contribution in [1.29, 1.82) is 0 Å². The van der Waals surface area contributed by atoms with E-state index in [-0.39, 0.29) is 12.6 Å². The Morgan fingerprint density at radius 3 is 2.50 bits per heavy atom. The van der Waals surface area contributed by atoms with Gasteiger partial charge in [0.05, 0.1) is 6.61 Å². The van der Waals surface area contributed by atoms with Crippen molar-refractivity contribution in [3.63, 3.8) is 0 Å². The van der Waals surface area contributed by atoms with E-state index in [9.17, 15) is 9.36 Å². The van der Waals surface area contributed by atoms with Gasteiger partial charge in [0.1, 0.15) is 0 Å². The number of carbonyl (C=O) groups is 1. The lowest BCUT2D eigenvalue weighted by Crippen LogP contribution is -2.17. The lowest BCUT2D eigenvalue weighted by atomic mass is 10.4. The van der Waals surface area contributed by atoms with E-state index in [4.69, 9.17) is 10.3 Å². The molecule has 0 radical (unpaired) electrons. The summed E-state index contributed by atoms with van der Waals surface area (Å²) < 4.78 is 17.8. The maximum Gasteiger partial charge on any atom is 0.232 e. The second-order valence-electron chi connectivity index (χ2n) is 3.37. The van der Waals surface area contributed by atoms with Gasteiger partial charge in [0.2, 0.25) is 13.3 Å². The molecular formula is C11H16NO3P. The SMILES string of the molecule is CCOP(=O)(CCC(N)=O)c1ccccc1. The van der Waals surface area contributed by atoms with Crippen LogP contribution < -0.4 is 11.0 Å². The first-order valence-corrected chi connectivity index (χ1v) is 6.97. The fourth-order valence-electron chi connectivity index (χ4n) is 1.39. The predicted molar refractivity (Wildman–Crippen MR) is 64.0 cm³/mol. The first kappa shape index (κ1) is 12.9. The topological polar surface area (TPSA) is 69.4 Å². The van der Waals surface area contributed by atoms with Crippen molar-refractivity contribution in [2.75, 3.05) is 12.8 Å². The van der Waals surface area contributed by atoms with Crippen molar-refractivity contribution in [2.45, 2.75) is 13.3 Å². The molecule has 0 aromatic heterocycles. The summed E-state index contributed by atoms with van der Waals surface area (Å²) in [6.07, 6.45) is 0.242. The summed E-state index contributed by atoms with van der Waals surface area (Å²) in [6, 6.07) is 8.93. The quantitative estimate of drug-likeness (QED) is 0.767. The second-order valence-corrected chi connectivity index (χ2v) is 5.94. The molecule has 0 saturated heterocycles. The molecule has 16 heavy (non-hydrogen) atoms. The zero-order valence-electron chi connectivity index (χ0n) is 9.26. The number of benzene rings is 1. The predicted octanol–water partition coefficient (Wildman–Crippen LogP) is 1.50. The smallest absolute Gasteiger partial charge is 0.232 e. The Kier molecular flexibility index (Phi) is 4.71. The number of nitrogens with two attached hydrogens (primary N) is 1. The minimum Gasteiger partial charge on any atom is -0.370 e. The average molecular weight is 241 g/mol. The minimum atomic E-state index is -2.93. The summed E-state index contributed by atoms with van der Waals surface area (Å²) in [5.74, 6) is -0.462. The van der Waals surface area contributed by atoms with Crippen LogP contribution in [0.4, 0.5) is 0 Å². The zero-order valence-corrected chi connectivity index (χ0v) is 10.2. The molecule has 0 spiro atoms. The van der Waals surface area contributed by atoms with Gasteiger partial charge < -0.3 is 10.3 Å². The number of rotatable bonds is 6. The standard InChI is InChI=1S/C11H16NO3P/c1-2-15-16(14,9-8-11(12)13)10-6-4-3-5-7-10/h3-7H,2,8-9H2,1H3,(H2,12,13). The van der Waals surface area contributed by atoms with Crippen molar-refractivity contribution in [2.24, 2.45) is 5.73 Å². The van der Waals surface area contributed by atoms with Crippen molar-refractivity contribution in [1.82, 2.24) is 0 Å². The lowest BCUT2D eigenvalue weighted by molar-refractivity contribution is -0.117. The van der Waals surface area contributed by atoms with E-state index in [1.165, 1.54) is 0 Å². The molecule has 0 saturated carbocycles. The highest BCUT2D eigenvalue weighted by Gasteiger charge is 2.25. The van der Waals surface area contributed by atoms with Gasteiger partial charge in [-0.05, 0) is 19.1 Å². The van der Waals surface area contributed by atoms with Crippen LogP contribution in [0.1, 0.15) is 13.3 Å². The molecule has 0 aliphatic carbocycles. The molecule has 2 N–H and O–H groups in total. The van der Waals surface area contributed by atoms with Crippen LogP contribution in [0.15, 0.2) is 30.3 Å². The van der Waals surface area contributed by atoms with E-state index in [0.29, 0.717) is 11.9 Å². The van der Waals surface area contributed by atoms with Crippen molar-refractivity contribution in [3.8, 4) is 0 Å². The van der Waals surface area contributed by atoms with Crippen LogP contribution >= 0.6 is 7.37 Å². The number of amides is 1. The highest BCUT2D eigenvalue weighted by atomic mass is 31.2. The van der Waals surface area contributed by atoms with Crippen LogP contribution in [0.5, 0.6) is 0 Å². The Labute approximate surface area is 95.2 Å². The number of hydrogen-bond acceptors (Lipinski definition) is 3. The second kappa shape index (κ2) is 5.83. The number of carbonyl (C=O) groups excluding carboxylic acids is 1. The van der Waals surface area contributed by atoms with Gasteiger partial charge in [0, 0.05) is 17.9 Å². The molecule has 0 bridgehead atoms. The van der Waals surface area contributed by atoms with E-state index in [1.54, 1.807) is 31.2 Å². The van der Waals surface area contributed by atoms with Gasteiger partial charge >= 0.3 is 0 Å². The lowest BCUT2D eigenvalue weighted by Gasteiger charge is -2.17. The summed E-state index contributed by atoms with van der Waals surface area (Å²) in [6.45, 7) is 2.13. The van der Waals surface area contributed by atoms with E-state index in [0.717, 1.165) is 0 Å². The van der Waals surface area contributed by atoms with Gasteiger partial charge in [-0.2, -0.15) is 0 Å². The summed E-state index contributed by atoms with van der Waals surface area (Å²) in [4.78, 5) is 10.7. The summed E-state index contributed by atoms with van der Waals surface area (Å²) in [5, 5.41) is 0.637. The molecule has 4 nitrogen and oxygen atoms in total. The van der Waals surface area contributed by atoms with Gasteiger partial charge in [-0.3, -0.25) is 9.36 Å². The Bertz CT molecular complexity index is 391. The van der Waals surface area contributed by atoms with Crippen LogP contribution in [-0.2, 0) is 13.9 Å². The first-order valence-electron chi connectivity index (χ1n) is 5.16. The zero-order chi connectivity index (χ0) is 12.0.